The molecular formula is C14H21NO3. The van der Waals surface area contributed by atoms with Gasteiger partial charge in [-0.15, -0.1) is 0 Å². The van der Waals surface area contributed by atoms with Crippen molar-refractivity contribution in [2.75, 3.05) is 6.56 Å². The summed E-state index contributed by atoms with van der Waals surface area (Å²) in [5.74, 6) is 0. The summed E-state index contributed by atoms with van der Waals surface area (Å²) in [6, 6.07) is -8.09. The Kier molecular flexibility index (Phi) is 2.00. The molecule has 0 radical (unpaired) electrons. The maximum absolute atomic E-state index is 12.2. The van der Waals surface area contributed by atoms with Crippen LogP contribution < -0.4 is 5.32 Å². The van der Waals surface area contributed by atoms with Crippen molar-refractivity contribution in [3.8, 4) is 0 Å². The number of hydrogen-bond acceptors (Lipinski definition) is 3. The molecule has 0 bridgehead atoms. The second kappa shape index (κ2) is 6.40. The molecule has 1 amide bonds. The molecule has 0 aliphatic carbocycles. The van der Waals surface area contributed by atoms with Gasteiger partial charge in [-0.2, -0.15) is 0 Å². The molecule has 1 atom stereocenters. The molecule has 1 rings (SSSR count). The fraction of sp³-hybridized carbons (Fsp3) is 0.500. The van der Waals surface area contributed by atoms with Gasteiger partial charge in [-0.1, -0.05) is 30.2 Å². The van der Waals surface area contributed by atoms with Gasteiger partial charge in [0.05, 0.1) is 17.0 Å². The Balaban J connectivity index is 3.84. The monoisotopic (exact) mass is 261 g/mol. The summed E-state index contributed by atoms with van der Waals surface area (Å²) in [6.07, 6.45) is -5.08. The van der Waals surface area contributed by atoms with Crippen LogP contribution in [0.15, 0.2) is 30.2 Å². The molecule has 0 aliphatic heterocycles. The average Bonchev–Trinajstić information content (AvgIpc) is 2.47. The molecule has 0 saturated heterocycles. The largest absolute Gasteiger partial charge is 0.444 e. The van der Waals surface area contributed by atoms with E-state index in [-0.39, 0.29) is 0 Å². The van der Waals surface area contributed by atoms with Gasteiger partial charge >= 0.3 is 6.09 Å². The molecule has 18 heavy (non-hydrogen) atoms. The molecule has 0 spiro atoms. The van der Waals surface area contributed by atoms with Crippen LogP contribution in [0, 0.1) is 0 Å². The molecule has 0 heterocycles. The van der Waals surface area contributed by atoms with E-state index in [1.165, 1.54) is 20.8 Å². The molecule has 0 aliphatic rings. The Hall–Kier alpha value is -1.55. The first-order chi connectivity index (χ1) is 12.3. The van der Waals surface area contributed by atoms with Gasteiger partial charge in [0.2, 0.25) is 0 Å². The first-order valence-corrected chi connectivity index (χ1v) is 5.09. The summed E-state index contributed by atoms with van der Waals surface area (Å²) in [5.41, 5.74) is -2.16. The predicted octanol–water partition coefficient (Wildman–Crippen LogP) is 2.63. The fourth-order valence-corrected chi connectivity index (χ4v) is 0.993. The Morgan fingerprint density at radius 2 is 2.17 bits per heavy atom. The number of alkyl carbamates (subject to hydrolysis) is 1. The molecule has 1 aromatic rings. The summed E-state index contributed by atoms with van der Waals surface area (Å²) < 4.78 is 82.8. The highest BCUT2D eigenvalue weighted by Crippen LogP contribution is 2.17. The second-order valence-electron chi connectivity index (χ2n) is 4.24. The molecule has 0 aromatic heterocycles. The van der Waals surface area contributed by atoms with Crippen molar-refractivity contribution >= 4 is 6.09 Å². The van der Waals surface area contributed by atoms with Crippen LogP contribution in [0.1, 0.15) is 52.4 Å². The normalized spacial score (nSPS) is 24.2. The third-order valence-electron chi connectivity index (χ3n) is 1.56. The summed E-state index contributed by atoms with van der Waals surface area (Å²) >= 11 is 0. The SMILES string of the molecule is [2H]c1c([2H])c([2H])c([C@@]([2H])(NC(=O)OC(C)(C)C)C([2H])([2H])C([2H])([2H])O)c([2H])c1[2H]. The number of hydrogen-bond donors (Lipinski definition) is 2. The lowest BCUT2D eigenvalue weighted by Gasteiger charge is -2.23. The Morgan fingerprint density at radius 1 is 1.56 bits per heavy atom. The molecule has 1 aromatic carbocycles. The highest BCUT2D eigenvalue weighted by atomic mass is 16.6. The third-order valence-corrected chi connectivity index (χ3v) is 1.56. The molecule has 100 valence electrons. The van der Waals surface area contributed by atoms with Gasteiger partial charge < -0.3 is 15.2 Å². The van der Waals surface area contributed by atoms with Gasteiger partial charge in [0.1, 0.15) is 5.60 Å². The smallest absolute Gasteiger partial charge is 0.408 e. The summed E-state index contributed by atoms with van der Waals surface area (Å²) in [5, 5.41) is 11.4. The maximum atomic E-state index is 12.2. The van der Waals surface area contributed by atoms with Crippen LogP contribution in [0.2, 0.25) is 0 Å². The van der Waals surface area contributed by atoms with Crippen LogP contribution in [0.5, 0.6) is 0 Å². The van der Waals surface area contributed by atoms with E-state index in [4.69, 9.17) is 18.4 Å². The van der Waals surface area contributed by atoms with Crippen LogP contribution in [-0.2, 0) is 4.74 Å². The lowest BCUT2D eigenvalue weighted by molar-refractivity contribution is 0.0496. The van der Waals surface area contributed by atoms with E-state index in [9.17, 15) is 9.90 Å². The first kappa shape index (κ1) is 5.61. The fourth-order valence-electron chi connectivity index (χ4n) is 0.993. The zero-order valence-electron chi connectivity index (χ0n) is 20.3. The minimum absolute atomic E-state index is 0.828. The highest BCUT2D eigenvalue weighted by Gasteiger charge is 2.20. The van der Waals surface area contributed by atoms with Crippen molar-refractivity contribution in [1.29, 1.82) is 0 Å². The highest BCUT2D eigenvalue weighted by molar-refractivity contribution is 5.68. The zero-order chi connectivity index (χ0) is 22.5. The van der Waals surface area contributed by atoms with Crippen LogP contribution >= 0.6 is 0 Å². The van der Waals surface area contributed by atoms with E-state index in [1.54, 1.807) is 5.32 Å². The maximum Gasteiger partial charge on any atom is 0.408 e. The Morgan fingerprint density at radius 3 is 2.67 bits per heavy atom. The van der Waals surface area contributed by atoms with Crippen molar-refractivity contribution in [2.45, 2.75) is 38.8 Å². The number of aliphatic hydroxyl groups is 1. The molecule has 0 saturated carbocycles. The minimum atomic E-state index is -3.74. The van der Waals surface area contributed by atoms with Crippen molar-refractivity contribution in [1.82, 2.24) is 5.32 Å². The number of rotatable bonds is 4. The topological polar surface area (TPSA) is 58.6 Å². The number of benzene rings is 1. The molecule has 0 fully saturated rings. The number of amides is 1. The summed E-state index contributed by atoms with van der Waals surface area (Å²) in [6.45, 7) is 0.640. The third kappa shape index (κ3) is 5.19. The van der Waals surface area contributed by atoms with Crippen LogP contribution in [-0.4, -0.2) is 23.4 Å². The van der Waals surface area contributed by atoms with E-state index in [2.05, 4.69) is 0 Å². The van der Waals surface area contributed by atoms with E-state index in [1.807, 2.05) is 0 Å². The van der Waals surface area contributed by atoms with E-state index < -0.39 is 66.4 Å². The summed E-state index contributed by atoms with van der Waals surface area (Å²) in [4.78, 5) is 12.2. The number of ether oxygens (including phenoxy) is 1. The predicted molar refractivity (Wildman–Crippen MR) is 70.3 cm³/mol. The van der Waals surface area contributed by atoms with Crippen molar-refractivity contribution in [2.24, 2.45) is 0 Å². The minimum Gasteiger partial charge on any atom is -0.444 e. The van der Waals surface area contributed by atoms with Crippen molar-refractivity contribution in [3.05, 3.63) is 35.8 Å². The van der Waals surface area contributed by atoms with E-state index >= 15 is 0 Å². The van der Waals surface area contributed by atoms with Gasteiger partial charge in [0.15, 0.2) is 0 Å². The quantitative estimate of drug-likeness (QED) is 0.876. The van der Waals surface area contributed by atoms with Gasteiger partial charge in [0, 0.05) is 9.30 Å². The molecular weight excluding hydrogens is 230 g/mol. The van der Waals surface area contributed by atoms with E-state index in [0.717, 1.165) is 0 Å². The van der Waals surface area contributed by atoms with Crippen LogP contribution in [0.4, 0.5) is 4.79 Å². The lowest BCUT2D eigenvalue weighted by atomic mass is 10.0. The van der Waals surface area contributed by atoms with E-state index in [0.29, 0.717) is 0 Å². The molecule has 0 unspecified atom stereocenters. The summed E-state index contributed by atoms with van der Waals surface area (Å²) in [7, 11) is 0. The standard InChI is InChI=1S/C14H21NO3/c1-14(2,3)18-13(17)15-12(9-10-16)11-7-5-4-6-8-11/h4-8,12,16H,9-10H2,1-3H3,(H,15,17)/t12-/m0/s1/i4D,5D,6D,7D,8D,9D2,10D2,12D. The molecule has 4 nitrogen and oxygen atoms in total. The number of carbonyl (C=O) groups is 1. The van der Waals surface area contributed by atoms with Crippen molar-refractivity contribution < 1.29 is 28.3 Å². The van der Waals surface area contributed by atoms with Crippen LogP contribution in [0.3, 0.4) is 0 Å². The Labute approximate surface area is 122 Å². The molecule has 4 heteroatoms. The molecule has 2 N–H and O–H groups in total. The zero-order valence-corrected chi connectivity index (χ0v) is 10.3. The van der Waals surface area contributed by atoms with Gasteiger partial charge in [0.25, 0.3) is 0 Å². The average molecular weight is 261 g/mol. The number of nitrogens with one attached hydrogen (secondary N) is 1. The first-order valence-electron chi connectivity index (χ1n) is 10.1. The van der Waals surface area contributed by atoms with Gasteiger partial charge in [-0.3, -0.25) is 0 Å². The van der Waals surface area contributed by atoms with Crippen molar-refractivity contribution in [3.63, 3.8) is 0 Å². The van der Waals surface area contributed by atoms with Crippen LogP contribution in [0.25, 0.3) is 0 Å². The van der Waals surface area contributed by atoms with Gasteiger partial charge in [-0.25, -0.2) is 4.79 Å². The second-order valence-corrected chi connectivity index (χ2v) is 4.24. The Bertz CT molecular complexity index is 758. The lowest BCUT2D eigenvalue weighted by Crippen LogP contribution is -2.35. The number of carbonyl (C=O) groups excluding carboxylic acids is 1. The van der Waals surface area contributed by atoms with Gasteiger partial charge in [-0.05, 0) is 32.7 Å².